The Hall–Kier alpha value is -5.06. The lowest BCUT2D eigenvalue weighted by molar-refractivity contribution is -0.117. The third kappa shape index (κ3) is 5.70. The number of halogens is 1. The Bertz CT molecular complexity index is 1720. The first-order chi connectivity index (χ1) is 20.8. The number of hydrogen-bond acceptors (Lipinski definition) is 7. The monoisotopic (exact) mass is 581 g/mol. The molecule has 220 valence electrons. The molecule has 1 unspecified atom stereocenters. The van der Waals surface area contributed by atoms with E-state index in [0.29, 0.717) is 23.8 Å². The maximum Gasteiger partial charge on any atom is 0.269 e. The molecule has 0 radical (unpaired) electrons. The fourth-order valence-corrected chi connectivity index (χ4v) is 5.25. The number of pyridine rings is 1. The zero-order chi connectivity index (χ0) is 30.1. The first-order valence-corrected chi connectivity index (χ1v) is 14.3. The summed E-state index contributed by atoms with van der Waals surface area (Å²) in [6, 6.07) is 20.0. The molecule has 2 aliphatic heterocycles. The third-order valence-electron chi connectivity index (χ3n) is 7.23. The average molecular weight is 582 g/mol. The van der Waals surface area contributed by atoms with E-state index in [1.165, 1.54) is 6.07 Å². The minimum absolute atomic E-state index is 0.0186. The fraction of sp³-hybridized carbons (Fsp3) is 0.281. The Morgan fingerprint density at radius 2 is 1.84 bits per heavy atom. The number of nitrogens with one attached hydrogen (secondary N) is 3. The van der Waals surface area contributed by atoms with E-state index in [9.17, 15) is 9.59 Å². The van der Waals surface area contributed by atoms with Crippen LogP contribution in [0.15, 0.2) is 71.7 Å². The van der Waals surface area contributed by atoms with Crippen LogP contribution in [-0.4, -0.2) is 50.6 Å². The molecule has 0 saturated heterocycles. The largest absolute Gasteiger partial charge is 0.474 e. The van der Waals surface area contributed by atoms with Crippen LogP contribution in [0, 0.1) is 5.95 Å². The van der Waals surface area contributed by atoms with Crippen molar-refractivity contribution in [1.29, 1.82) is 0 Å². The number of aromatic nitrogens is 3. The maximum atomic E-state index is 15.5. The van der Waals surface area contributed by atoms with E-state index in [1.54, 1.807) is 16.8 Å². The van der Waals surface area contributed by atoms with Gasteiger partial charge in [0, 0.05) is 23.7 Å². The molecule has 10 nitrogen and oxygen atoms in total. The van der Waals surface area contributed by atoms with Gasteiger partial charge >= 0.3 is 0 Å². The summed E-state index contributed by atoms with van der Waals surface area (Å²) in [5.41, 5.74) is 2.76. The van der Waals surface area contributed by atoms with Gasteiger partial charge in [-0.25, -0.2) is 14.7 Å². The Morgan fingerprint density at radius 3 is 2.60 bits per heavy atom. The first kappa shape index (κ1) is 28.1. The molecule has 2 aromatic heterocycles. The molecule has 0 bridgehead atoms. The van der Waals surface area contributed by atoms with Gasteiger partial charge in [0.2, 0.25) is 18.0 Å². The summed E-state index contributed by atoms with van der Waals surface area (Å²) in [5, 5.41) is 13.3. The highest BCUT2D eigenvalue weighted by Crippen LogP contribution is 2.35. The van der Waals surface area contributed by atoms with Crippen LogP contribution < -0.4 is 20.7 Å². The number of aliphatic imine (C=N–C) groups is 1. The van der Waals surface area contributed by atoms with Crippen molar-refractivity contribution >= 4 is 29.0 Å². The number of fused-ring (bicyclic) bond motifs is 2. The van der Waals surface area contributed by atoms with Crippen molar-refractivity contribution in [1.82, 2.24) is 20.1 Å². The fourth-order valence-electron chi connectivity index (χ4n) is 5.25. The van der Waals surface area contributed by atoms with Gasteiger partial charge in [-0.2, -0.15) is 9.49 Å². The molecule has 4 aromatic rings. The molecule has 6 rings (SSSR count). The van der Waals surface area contributed by atoms with Crippen LogP contribution in [0.4, 0.5) is 15.9 Å². The van der Waals surface area contributed by atoms with E-state index in [0.717, 1.165) is 24.0 Å². The van der Waals surface area contributed by atoms with Crippen molar-refractivity contribution in [2.75, 3.05) is 10.6 Å². The van der Waals surface area contributed by atoms with Crippen molar-refractivity contribution in [3.63, 3.8) is 0 Å². The van der Waals surface area contributed by atoms with Gasteiger partial charge in [0.25, 0.3) is 11.8 Å². The molecular formula is C32H32FN7O3. The molecule has 4 heterocycles. The van der Waals surface area contributed by atoms with Crippen LogP contribution in [-0.2, 0) is 11.3 Å². The molecule has 2 aromatic carbocycles. The van der Waals surface area contributed by atoms with Crippen LogP contribution in [0.25, 0.3) is 11.3 Å². The Balaban J connectivity index is 1.42. The predicted molar refractivity (Wildman–Crippen MR) is 162 cm³/mol. The third-order valence-corrected chi connectivity index (χ3v) is 7.23. The van der Waals surface area contributed by atoms with Crippen molar-refractivity contribution in [2.45, 2.75) is 58.5 Å². The lowest BCUT2D eigenvalue weighted by atomic mass is 10.0. The van der Waals surface area contributed by atoms with Gasteiger partial charge in [0.05, 0.1) is 23.1 Å². The minimum Gasteiger partial charge on any atom is -0.474 e. The lowest BCUT2D eigenvalue weighted by Crippen LogP contribution is -2.42. The predicted octanol–water partition coefficient (Wildman–Crippen LogP) is 5.01. The number of carbonyl (C=O) groups excluding carboxylic acids is 2. The Kier molecular flexibility index (Phi) is 7.62. The van der Waals surface area contributed by atoms with Gasteiger partial charge in [-0.3, -0.25) is 9.59 Å². The molecule has 3 N–H and O–H groups in total. The molecule has 0 aliphatic carbocycles. The smallest absolute Gasteiger partial charge is 0.269 e. The summed E-state index contributed by atoms with van der Waals surface area (Å²) in [7, 11) is 0. The number of benzodiazepines with no additional fused rings is 1. The van der Waals surface area contributed by atoms with E-state index < -0.39 is 23.9 Å². The maximum absolute atomic E-state index is 15.5. The van der Waals surface area contributed by atoms with Crippen molar-refractivity contribution in [2.24, 2.45) is 4.99 Å². The SMILES string of the molecule is CC(C)Nc1ccc(-c2nn3c(c2C(=O)N[C@H]2N=C(c4ccccc4)c4ccccc4NC2=O)OC(C)CCC3)c(F)n1. The molecule has 0 fully saturated rings. The Morgan fingerprint density at radius 1 is 1.07 bits per heavy atom. The average Bonchev–Trinajstić information content (AvgIpc) is 3.12. The number of amides is 2. The summed E-state index contributed by atoms with van der Waals surface area (Å²) in [5.74, 6) is -1.39. The highest BCUT2D eigenvalue weighted by molar-refractivity contribution is 6.20. The molecule has 2 atom stereocenters. The second-order valence-corrected chi connectivity index (χ2v) is 10.9. The number of hydrogen-bond donors (Lipinski definition) is 3. The minimum atomic E-state index is -1.29. The molecule has 2 amide bonds. The van der Waals surface area contributed by atoms with Gasteiger partial charge in [0.1, 0.15) is 17.1 Å². The van der Waals surface area contributed by atoms with Crippen LogP contribution >= 0.6 is 0 Å². The number of anilines is 2. The number of carbonyl (C=O) groups is 2. The normalized spacial score (nSPS) is 17.9. The summed E-state index contributed by atoms with van der Waals surface area (Å²) in [6.45, 7) is 6.24. The van der Waals surface area contributed by atoms with Gasteiger partial charge < -0.3 is 20.7 Å². The van der Waals surface area contributed by atoms with Crippen LogP contribution in [0.3, 0.4) is 0 Å². The van der Waals surface area contributed by atoms with E-state index in [-0.39, 0.29) is 34.8 Å². The quantitative estimate of drug-likeness (QED) is 0.275. The number of benzene rings is 2. The second kappa shape index (κ2) is 11.7. The molecule has 0 spiro atoms. The highest BCUT2D eigenvalue weighted by Gasteiger charge is 2.34. The molecule has 43 heavy (non-hydrogen) atoms. The summed E-state index contributed by atoms with van der Waals surface area (Å²) < 4.78 is 23.2. The zero-order valence-corrected chi connectivity index (χ0v) is 24.1. The summed E-state index contributed by atoms with van der Waals surface area (Å²) in [4.78, 5) is 36.3. The number of ether oxygens (including phenoxy) is 1. The number of nitrogens with zero attached hydrogens (tertiary/aromatic N) is 4. The topological polar surface area (TPSA) is 123 Å². The molecular weight excluding hydrogens is 549 g/mol. The van der Waals surface area contributed by atoms with Gasteiger partial charge in [-0.15, -0.1) is 0 Å². The van der Waals surface area contributed by atoms with Crippen LogP contribution in [0.1, 0.15) is 55.1 Å². The van der Waals surface area contributed by atoms with E-state index >= 15 is 4.39 Å². The highest BCUT2D eigenvalue weighted by atomic mass is 19.1. The second-order valence-electron chi connectivity index (χ2n) is 10.9. The zero-order valence-electron chi connectivity index (χ0n) is 24.1. The van der Waals surface area contributed by atoms with E-state index in [1.807, 2.05) is 69.3 Å². The molecule has 11 heteroatoms. The van der Waals surface area contributed by atoms with Crippen molar-refractivity contribution in [3.05, 3.63) is 89.4 Å². The number of para-hydroxylation sites is 1. The van der Waals surface area contributed by atoms with E-state index in [4.69, 9.17) is 9.73 Å². The van der Waals surface area contributed by atoms with E-state index in [2.05, 4.69) is 26.0 Å². The first-order valence-electron chi connectivity index (χ1n) is 14.3. The standard InChI is InChI=1S/C32H32FN7O3/c1-18(2)34-24-16-15-22(28(33)36-24)27-25(32-40(39-27)17-9-10-19(3)43-32)30(41)38-29-31(42)35-23-14-8-7-13-21(23)26(37-29)20-11-5-4-6-12-20/h4-8,11-16,18-19,29H,9-10,17H2,1-3H3,(H,34,36)(H,35,42)(H,38,41)/t19?,29-/m1/s1. The summed E-state index contributed by atoms with van der Waals surface area (Å²) in [6.07, 6.45) is 0.0420. The Labute approximate surface area is 248 Å². The molecule has 0 saturated carbocycles. The van der Waals surface area contributed by atoms with Crippen LogP contribution in [0.2, 0.25) is 0 Å². The lowest BCUT2D eigenvalue weighted by Gasteiger charge is -2.16. The van der Waals surface area contributed by atoms with Gasteiger partial charge in [-0.1, -0.05) is 48.5 Å². The number of aryl methyl sites for hydroxylation is 1. The summed E-state index contributed by atoms with van der Waals surface area (Å²) >= 11 is 0. The van der Waals surface area contributed by atoms with Crippen LogP contribution in [0.5, 0.6) is 5.88 Å². The van der Waals surface area contributed by atoms with Gasteiger partial charge in [-0.05, 0) is 51.8 Å². The molecule has 2 aliphatic rings. The van der Waals surface area contributed by atoms with Crippen molar-refractivity contribution < 1.29 is 18.7 Å². The van der Waals surface area contributed by atoms with Crippen molar-refractivity contribution in [3.8, 4) is 17.1 Å². The number of rotatable bonds is 6. The van der Waals surface area contributed by atoms with Gasteiger partial charge in [0.15, 0.2) is 0 Å².